The third-order valence-corrected chi connectivity index (χ3v) is 4.77. The lowest BCUT2D eigenvalue weighted by Crippen LogP contribution is -2.39. The van der Waals surface area contributed by atoms with Crippen molar-refractivity contribution < 1.29 is 9.84 Å². The van der Waals surface area contributed by atoms with Gasteiger partial charge in [0.05, 0.1) is 11.7 Å². The van der Waals surface area contributed by atoms with Crippen LogP contribution in [0.2, 0.25) is 0 Å². The second kappa shape index (κ2) is 5.22. The molecule has 1 spiro atoms. The molecular formula is C16H23NO2. The summed E-state index contributed by atoms with van der Waals surface area (Å²) in [6.07, 6.45) is 8.26. The van der Waals surface area contributed by atoms with Crippen LogP contribution in [-0.4, -0.2) is 22.3 Å². The first-order valence-electron chi connectivity index (χ1n) is 7.43. The molecule has 1 aliphatic heterocycles. The van der Waals surface area contributed by atoms with Crippen molar-refractivity contribution in [3.63, 3.8) is 0 Å². The van der Waals surface area contributed by atoms with E-state index in [1.807, 2.05) is 25.3 Å². The Labute approximate surface area is 115 Å². The van der Waals surface area contributed by atoms with Gasteiger partial charge in [-0.25, -0.2) is 0 Å². The maximum Gasteiger partial charge on any atom is 0.0834 e. The number of nitrogens with zero attached hydrogens (tertiary/aromatic N) is 1. The molecule has 3 nitrogen and oxygen atoms in total. The molecule has 104 valence electrons. The summed E-state index contributed by atoms with van der Waals surface area (Å²) in [6.45, 7) is 2.76. The van der Waals surface area contributed by atoms with E-state index in [1.54, 1.807) is 0 Å². The molecule has 19 heavy (non-hydrogen) atoms. The van der Waals surface area contributed by atoms with Gasteiger partial charge in [0.15, 0.2) is 0 Å². The van der Waals surface area contributed by atoms with Gasteiger partial charge >= 0.3 is 0 Å². The fourth-order valence-electron chi connectivity index (χ4n) is 3.63. The molecule has 0 radical (unpaired) electrons. The van der Waals surface area contributed by atoms with Crippen molar-refractivity contribution in [3.8, 4) is 0 Å². The van der Waals surface area contributed by atoms with Gasteiger partial charge in [-0.05, 0) is 50.2 Å². The van der Waals surface area contributed by atoms with Crippen molar-refractivity contribution in [3.05, 3.63) is 29.6 Å². The minimum atomic E-state index is -0.394. The molecule has 2 unspecified atom stereocenters. The van der Waals surface area contributed by atoms with Crippen LogP contribution in [0.15, 0.2) is 18.3 Å². The van der Waals surface area contributed by atoms with Gasteiger partial charge in [0.1, 0.15) is 0 Å². The number of aliphatic hydroxyl groups is 1. The summed E-state index contributed by atoms with van der Waals surface area (Å²) < 4.78 is 6.04. The molecule has 1 aromatic rings. The predicted octanol–water partition coefficient (Wildman–Crippen LogP) is 3.16. The zero-order valence-corrected chi connectivity index (χ0v) is 11.6. The Balaban J connectivity index is 1.72. The summed E-state index contributed by atoms with van der Waals surface area (Å²) in [4.78, 5) is 4.29. The number of hydrogen-bond donors (Lipinski definition) is 1. The highest BCUT2D eigenvalue weighted by Gasteiger charge is 2.41. The normalized spacial score (nSPS) is 27.6. The highest BCUT2D eigenvalue weighted by atomic mass is 16.5. The first-order chi connectivity index (χ1) is 9.19. The number of rotatable bonds is 2. The van der Waals surface area contributed by atoms with Crippen LogP contribution in [0.5, 0.6) is 0 Å². The molecule has 2 aliphatic rings. The minimum absolute atomic E-state index is 0.0715. The van der Waals surface area contributed by atoms with Gasteiger partial charge in [-0.2, -0.15) is 0 Å². The number of hydrogen-bond acceptors (Lipinski definition) is 3. The van der Waals surface area contributed by atoms with E-state index >= 15 is 0 Å². The van der Waals surface area contributed by atoms with Crippen LogP contribution in [0.4, 0.5) is 0 Å². The van der Waals surface area contributed by atoms with Crippen LogP contribution in [-0.2, 0) is 4.74 Å². The van der Waals surface area contributed by atoms with Gasteiger partial charge in [0.25, 0.3) is 0 Å². The van der Waals surface area contributed by atoms with Gasteiger partial charge in [-0.3, -0.25) is 4.98 Å². The average molecular weight is 261 g/mol. The van der Waals surface area contributed by atoms with Crippen LogP contribution < -0.4 is 0 Å². The van der Waals surface area contributed by atoms with Crippen LogP contribution >= 0.6 is 0 Å². The summed E-state index contributed by atoms with van der Waals surface area (Å²) in [5.41, 5.74) is 2.02. The van der Waals surface area contributed by atoms with E-state index in [9.17, 15) is 5.11 Å². The second-order valence-electron chi connectivity index (χ2n) is 6.17. The lowest BCUT2D eigenvalue weighted by atomic mass is 9.80. The largest absolute Gasteiger partial charge is 0.388 e. The van der Waals surface area contributed by atoms with E-state index in [-0.39, 0.29) is 5.60 Å². The summed E-state index contributed by atoms with van der Waals surface area (Å²) in [7, 11) is 0. The average Bonchev–Trinajstić information content (AvgIpc) is 2.87. The summed E-state index contributed by atoms with van der Waals surface area (Å²) in [5.74, 6) is 0.316. The van der Waals surface area contributed by atoms with Gasteiger partial charge in [-0.15, -0.1) is 0 Å². The molecule has 2 heterocycles. The quantitative estimate of drug-likeness (QED) is 0.889. The maximum absolute atomic E-state index is 10.6. The molecule has 1 aromatic heterocycles. The van der Waals surface area contributed by atoms with Gasteiger partial charge in [0, 0.05) is 18.5 Å². The zero-order chi connectivity index (χ0) is 13.3. The molecule has 0 aromatic carbocycles. The zero-order valence-electron chi connectivity index (χ0n) is 11.6. The van der Waals surface area contributed by atoms with E-state index < -0.39 is 6.10 Å². The molecule has 1 aliphatic carbocycles. The SMILES string of the molecule is Cc1ccc(C(O)C2CCOC3(CCCC3)C2)cn1. The van der Waals surface area contributed by atoms with Crippen LogP contribution in [0.25, 0.3) is 0 Å². The molecule has 0 bridgehead atoms. The Hall–Kier alpha value is -0.930. The first-order valence-corrected chi connectivity index (χ1v) is 7.43. The summed E-state index contributed by atoms with van der Waals surface area (Å²) in [6, 6.07) is 3.98. The molecule has 2 fully saturated rings. The van der Waals surface area contributed by atoms with Gasteiger partial charge < -0.3 is 9.84 Å². The molecular weight excluding hydrogens is 238 g/mol. The van der Waals surface area contributed by atoms with E-state index in [4.69, 9.17) is 4.74 Å². The maximum atomic E-state index is 10.6. The van der Waals surface area contributed by atoms with Crippen molar-refractivity contribution in [2.75, 3.05) is 6.61 Å². The Morgan fingerprint density at radius 2 is 2.16 bits per heavy atom. The van der Waals surface area contributed by atoms with E-state index in [0.29, 0.717) is 5.92 Å². The van der Waals surface area contributed by atoms with Gasteiger partial charge in [-0.1, -0.05) is 18.9 Å². The molecule has 1 saturated heterocycles. The highest BCUT2D eigenvalue weighted by Crippen LogP contribution is 2.45. The van der Waals surface area contributed by atoms with Crippen LogP contribution in [0.3, 0.4) is 0 Å². The lowest BCUT2D eigenvalue weighted by molar-refractivity contribution is -0.113. The predicted molar refractivity (Wildman–Crippen MR) is 73.8 cm³/mol. The Morgan fingerprint density at radius 3 is 2.84 bits per heavy atom. The molecule has 3 rings (SSSR count). The lowest BCUT2D eigenvalue weighted by Gasteiger charge is -2.40. The van der Waals surface area contributed by atoms with Crippen LogP contribution in [0, 0.1) is 12.8 Å². The third-order valence-electron chi connectivity index (χ3n) is 4.77. The topological polar surface area (TPSA) is 42.4 Å². The molecule has 2 atom stereocenters. The van der Waals surface area contributed by atoms with Crippen molar-refractivity contribution in [2.24, 2.45) is 5.92 Å². The van der Waals surface area contributed by atoms with Gasteiger partial charge in [0.2, 0.25) is 0 Å². The van der Waals surface area contributed by atoms with Crippen molar-refractivity contribution in [2.45, 2.75) is 57.2 Å². The fourth-order valence-corrected chi connectivity index (χ4v) is 3.63. The molecule has 0 amide bonds. The Kier molecular flexibility index (Phi) is 3.59. The van der Waals surface area contributed by atoms with Crippen molar-refractivity contribution in [1.29, 1.82) is 0 Å². The smallest absolute Gasteiger partial charge is 0.0834 e. The van der Waals surface area contributed by atoms with E-state index in [0.717, 1.165) is 30.7 Å². The number of ether oxygens (including phenoxy) is 1. The third kappa shape index (κ3) is 2.67. The van der Waals surface area contributed by atoms with E-state index in [2.05, 4.69) is 4.98 Å². The summed E-state index contributed by atoms with van der Waals surface area (Å²) >= 11 is 0. The highest BCUT2D eigenvalue weighted by molar-refractivity contribution is 5.17. The Bertz CT molecular complexity index is 423. The fraction of sp³-hybridized carbons (Fsp3) is 0.688. The molecule has 1 N–H and O–H groups in total. The first kappa shape index (κ1) is 13.1. The summed E-state index contributed by atoms with van der Waals surface area (Å²) in [5, 5.41) is 10.6. The van der Waals surface area contributed by atoms with Crippen molar-refractivity contribution >= 4 is 0 Å². The van der Waals surface area contributed by atoms with E-state index in [1.165, 1.54) is 25.7 Å². The molecule has 3 heteroatoms. The monoisotopic (exact) mass is 261 g/mol. The number of aliphatic hydroxyl groups excluding tert-OH is 1. The number of aryl methyl sites for hydroxylation is 1. The van der Waals surface area contributed by atoms with Crippen LogP contribution in [0.1, 0.15) is 55.9 Å². The molecule has 1 saturated carbocycles. The standard InChI is InChI=1S/C16H23NO2/c1-12-4-5-14(11-17-12)15(18)13-6-9-19-16(10-13)7-2-3-8-16/h4-5,11,13,15,18H,2-3,6-10H2,1H3. The Morgan fingerprint density at radius 1 is 1.37 bits per heavy atom. The number of aromatic nitrogens is 1. The second-order valence-corrected chi connectivity index (χ2v) is 6.17. The number of pyridine rings is 1. The minimum Gasteiger partial charge on any atom is -0.388 e. The van der Waals surface area contributed by atoms with Crippen molar-refractivity contribution in [1.82, 2.24) is 4.98 Å².